The molecule has 7 nitrogen and oxygen atoms in total. The summed E-state index contributed by atoms with van der Waals surface area (Å²) in [6.45, 7) is 0.598. The number of hydrogen-bond donors (Lipinski definition) is 1. The number of hydrogen-bond acceptors (Lipinski definition) is 7. The molecule has 2 heterocycles. The van der Waals surface area contributed by atoms with Crippen molar-refractivity contribution in [3.05, 3.63) is 41.3 Å². The summed E-state index contributed by atoms with van der Waals surface area (Å²) in [5.41, 5.74) is 5.66. The smallest absolute Gasteiger partial charge is 0.243 e. The summed E-state index contributed by atoms with van der Waals surface area (Å²) in [5.74, 6) is 0. The Balaban J connectivity index is 2.02. The molecule has 0 bridgehead atoms. The van der Waals surface area contributed by atoms with E-state index in [2.05, 4.69) is 0 Å². The minimum absolute atomic E-state index is 0.00426. The van der Waals surface area contributed by atoms with Crippen molar-refractivity contribution in [2.75, 3.05) is 13.1 Å². The van der Waals surface area contributed by atoms with Crippen LogP contribution in [0.2, 0.25) is 0 Å². The molecule has 1 aromatic heterocycles. The molecule has 10 heteroatoms. The van der Waals surface area contributed by atoms with E-state index < -0.39 is 19.9 Å². The second-order valence-electron chi connectivity index (χ2n) is 5.86. The first-order chi connectivity index (χ1) is 12.3. The van der Waals surface area contributed by atoms with Gasteiger partial charge in [-0.2, -0.15) is 9.57 Å². The van der Waals surface area contributed by atoms with Crippen molar-refractivity contribution in [2.45, 2.75) is 32.9 Å². The SMILES string of the molecule is N#Cc1ccc(S(=O)(=O)c2cccc(S(=O)(=O)N3CCCC3CN)c2)s1. The van der Waals surface area contributed by atoms with Gasteiger partial charge in [0.1, 0.15) is 15.2 Å². The molecule has 0 amide bonds. The third-order valence-corrected chi connectivity index (χ3v) is 9.45. The number of nitriles is 1. The fourth-order valence-electron chi connectivity index (χ4n) is 2.94. The van der Waals surface area contributed by atoms with Crippen LogP contribution >= 0.6 is 11.3 Å². The quantitative estimate of drug-likeness (QED) is 0.797. The molecule has 1 aromatic carbocycles. The molecular weight excluding hydrogens is 394 g/mol. The molecule has 138 valence electrons. The van der Waals surface area contributed by atoms with E-state index in [1.165, 1.54) is 40.7 Å². The molecule has 0 radical (unpaired) electrons. The second kappa shape index (κ2) is 7.09. The van der Waals surface area contributed by atoms with E-state index in [-0.39, 0.29) is 31.5 Å². The summed E-state index contributed by atoms with van der Waals surface area (Å²) in [7, 11) is -7.72. The van der Waals surface area contributed by atoms with Crippen LogP contribution in [0.5, 0.6) is 0 Å². The van der Waals surface area contributed by atoms with Gasteiger partial charge in [-0.25, -0.2) is 16.8 Å². The van der Waals surface area contributed by atoms with Gasteiger partial charge in [0.05, 0.1) is 9.79 Å². The summed E-state index contributed by atoms with van der Waals surface area (Å²) < 4.78 is 52.7. The van der Waals surface area contributed by atoms with E-state index in [1.807, 2.05) is 6.07 Å². The second-order valence-corrected chi connectivity index (χ2v) is 11.0. The van der Waals surface area contributed by atoms with Gasteiger partial charge in [-0.15, -0.1) is 11.3 Å². The van der Waals surface area contributed by atoms with Crippen molar-refractivity contribution in [2.24, 2.45) is 5.73 Å². The zero-order valence-corrected chi connectivity index (χ0v) is 16.1. The van der Waals surface area contributed by atoms with Gasteiger partial charge >= 0.3 is 0 Å². The van der Waals surface area contributed by atoms with Gasteiger partial charge in [-0.3, -0.25) is 0 Å². The summed E-state index contributed by atoms with van der Waals surface area (Å²) in [5, 5.41) is 8.88. The van der Waals surface area contributed by atoms with E-state index in [1.54, 1.807) is 0 Å². The Bertz CT molecular complexity index is 1070. The van der Waals surface area contributed by atoms with Crippen LogP contribution in [0.15, 0.2) is 50.4 Å². The largest absolute Gasteiger partial charge is 0.329 e. The van der Waals surface area contributed by atoms with Gasteiger partial charge in [0.15, 0.2) is 0 Å². The van der Waals surface area contributed by atoms with Crippen LogP contribution in [0.1, 0.15) is 17.7 Å². The lowest BCUT2D eigenvalue weighted by atomic mass is 10.2. The third-order valence-electron chi connectivity index (χ3n) is 4.27. The van der Waals surface area contributed by atoms with Gasteiger partial charge in [-0.1, -0.05) is 6.07 Å². The molecule has 1 saturated heterocycles. The average Bonchev–Trinajstić information content (AvgIpc) is 3.31. The highest BCUT2D eigenvalue weighted by atomic mass is 32.2. The lowest BCUT2D eigenvalue weighted by Gasteiger charge is -2.23. The first kappa shape index (κ1) is 19.0. The fourth-order valence-corrected chi connectivity index (χ4v) is 7.32. The molecule has 0 aliphatic carbocycles. The summed E-state index contributed by atoms with van der Waals surface area (Å²) >= 11 is 0.852. The summed E-state index contributed by atoms with van der Waals surface area (Å²) in [4.78, 5) is 0.0830. The number of rotatable bonds is 5. The number of benzene rings is 1. The van der Waals surface area contributed by atoms with Crippen molar-refractivity contribution in [1.29, 1.82) is 5.26 Å². The molecule has 1 unspecified atom stereocenters. The predicted molar refractivity (Wildman–Crippen MR) is 96.9 cm³/mol. The maximum atomic E-state index is 12.9. The van der Waals surface area contributed by atoms with E-state index in [9.17, 15) is 16.8 Å². The van der Waals surface area contributed by atoms with E-state index in [0.29, 0.717) is 13.0 Å². The van der Waals surface area contributed by atoms with Crippen molar-refractivity contribution in [3.63, 3.8) is 0 Å². The van der Waals surface area contributed by atoms with Gasteiger partial charge in [0, 0.05) is 19.1 Å². The molecule has 26 heavy (non-hydrogen) atoms. The van der Waals surface area contributed by atoms with Gasteiger partial charge in [0.25, 0.3) is 0 Å². The number of nitrogens with zero attached hydrogens (tertiary/aromatic N) is 2. The van der Waals surface area contributed by atoms with Crippen LogP contribution < -0.4 is 5.73 Å². The normalized spacial score (nSPS) is 18.7. The van der Waals surface area contributed by atoms with Crippen LogP contribution in [0.4, 0.5) is 0 Å². The lowest BCUT2D eigenvalue weighted by molar-refractivity contribution is 0.393. The molecule has 2 aromatic rings. The zero-order chi connectivity index (χ0) is 18.9. The first-order valence-electron chi connectivity index (χ1n) is 7.87. The van der Waals surface area contributed by atoms with Crippen LogP contribution in [0.25, 0.3) is 0 Å². The maximum absolute atomic E-state index is 12.9. The highest BCUT2D eigenvalue weighted by Gasteiger charge is 2.35. The highest BCUT2D eigenvalue weighted by molar-refractivity contribution is 7.93. The van der Waals surface area contributed by atoms with E-state index in [0.717, 1.165) is 17.8 Å². The minimum Gasteiger partial charge on any atom is -0.329 e. The highest BCUT2D eigenvalue weighted by Crippen LogP contribution is 2.31. The maximum Gasteiger partial charge on any atom is 0.243 e. The molecule has 2 N–H and O–H groups in total. The lowest BCUT2D eigenvalue weighted by Crippen LogP contribution is -2.39. The Morgan fingerprint density at radius 2 is 1.92 bits per heavy atom. The first-order valence-corrected chi connectivity index (χ1v) is 11.6. The van der Waals surface area contributed by atoms with E-state index in [4.69, 9.17) is 11.0 Å². The Morgan fingerprint density at radius 3 is 2.58 bits per heavy atom. The van der Waals surface area contributed by atoms with Gasteiger partial charge in [-0.05, 0) is 43.2 Å². The average molecular weight is 412 g/mol. The molecule has 0 saturated carbocycles. The monoisotopic (exact) mass is 411 g/mol. The molecule has 1 fully saturated rings. The van der Waals surface area contributed by atoms with E-state index >= 15 is 0 Å². The topological polar surface area (TPSA) is 121 Å². The predicted octanol–water partition coefficient (Wildman–Crippen LogP) is 1.56. The Kier molecular flexibility index (Phi) is 5.18. The third kappa shape index (κ3) is 3.28. The van der Waals surface area contributed by atoms with Crippen molar-refractivity contribution in [3.8, 4) is 6.07 Å². The zero-order valence-electron chi connectivity index (χ0n) is 13.7. The fraction of sp³-hybridized carbons (Fsp3) is 0.312. The summed E-state index contributed by atoms with van der Waals surface area (Å²) in [6, 6.07) is 9.72. The van der Waals surface area contributed by atoms with Crippen LogP contribution in [-0.4, -0.2) is 40.3 Å². The van der Waals surface area contributed by atoms with Crippen LogP contribution in [-0.2, 0) is 19.9 Å². The number of sulfone groups is 1. The molecule has 1 aliphatic heterocycles. The Hall–Kier alpha value is -1.77. The Morgan fingerprint density at radius 1 is 1.19 bits per heavy atom. The number of thiophene rings is 1. The number of nitrogens with two attached hydrogens (primary N) is 1. The van der Waals surface area contributed by atoms with Crippen LogP contribution in [0.3, 0.4) is 0 Å². The van der Waals surface area contributed by atoms with Crippen molar-refractivity contribution in [1.82, 2.24) is 4.31 Å². The summed E-state index contributed by atoms with van der Waals surface area (Å²) in [6.07, 6.45) is 1.42. The molecular formula is C16H17N3O4S3. The Labute approximate surface area is 156 Å². The molecule has 3 rings (SSSR count). The van der Waals surface area contributed by atoms with Gasteiger partial charge in [0.2, 0.25) is 19.9 Å². The standard InChI is InChI=1S/C16H17N3O4S3/c17-10-12-3-2-8-19(12)26(22,23)15-5-1-4-14(9-15)25(20,21)16-7-6-13(11-18)24-16/h1,4-7,9,12H,2-3,8,10,17H2. The number of sulfonamides is 1. The van der Waals surface area contributed by atoms with Crippen LogP contribution in [0, 0.1) is 11.3 Å². The van der Waals surface area contributed by atoms with Crippen molar-refractivity contribution < 1.29 is 16.8 Å². The molecule has 1 atom stereocenters. The van der Waals surface area contributed by atoms with Gasteiger partial charge < -0.3 is 5.73 Å². The molecule has 1 aliphatic rings. The van der Waals surface area contributed by atoms with Crippen molar-refractivity contribution >= 4 is 31.2 Å². The minimum atomic E-state index is -3.89. The molecule has 0 spiro atoms.